The topological polar surface area (TPSA) is 92.6 Å². The lowest BCUT2D eigenvalue weighted by atomic mass is 10.2. The molecule has 10 heteroatoms. The maximum Gasteiger partial charge on any atom is 0.244 e. The van der Waals surface area contributed by atoms with E-state index in [2.05, 4.69) is 20.4 Å². The van der Waals surface area contributed by atoms with Crippen molar-refractivity contribution in [2.24, 2.45) is 0 Å². The second-order valence-corrected chi connectivity index (χ2v) is 8.18. The fourth-order valence-corrected chi connectivity index (χ4v) is 4.47. The molecule has 2 aliphatic heterocycles. The monoisotopic (exact) mass is 416 g/mol. The first kappa shape index (κ1) is 19.7. The van der Waals surface area contributed by atoms with Gasteiger partial charge in [0.25, 0.3) is 0 Å². The van der Waals surface area contributed by atoms with Gasteiger partial charge in [0.15, 0.2) is 5.16 Å². The zero-order valence-electron chi connectivity index (χ0n) is 16.5. The molecular formula is C19H24N6O3S. The number of rotatable bonds is 5. The van der Waals surface area contributed by atoms with E-state index in [0.29, 0.717) is 30.6 Å². The average molecular weight is 417 g/mol. The second kappa shape index (κ2) is 8.42. The van der Waals surface area contributed by atoms with E-state index in [4.69, 9.17) is 4.74 Å². The summed E-state index contributed by atoms with van der Waals surface area (Å²) in [4.78, 5) is 28.9. The van der Waals surface area contributed by atoms with Crippen LogP contribution in [0.1, 0.15) is 13.8 Å². The number of amides is 2. The van der Waals surface area contributed by atoms with Crippen LogP contribution in [-0.4, -0.2) is 64.7 Å². The number of nitrogens with zero attached hydrogens (tertiary/aromatic N) is 5. The summed E-state index contributed by atoms with van der Waals surface area (Å²) in [6.07, 6.45) is 0. The van der Waals surface area contributed by atoms with Crippen molar-refractivity contribution in [2.75, 3.05) is 48.0 Å². The number of nitrogens with one attached hydrogen (secondary N) is 1. The number of para-hydroxylation sites is 2. The third-order valence-electron chi connectivity index (χ3n) is 4.97. The van der Waals surface area contributed by atoms with Gasteiger partial charge in [0, 0.05) is 19.6 Å². The Morgan fingerprint density at radius 3 is 2.79 bits per heavy atom. The molecule has 3 heterocycles. The van der Waals surface area contributed by atoms with E-state index in [9.17, 15) is 9.59 Å². The number of hydrogen-bond acceptors (Lipinski definition) is 7. The summed E-state index contributed by atoms with van der Waals surface area (Å²) in [6.45, 7) is 7.49. The molecule has 1 atom stereocenters. The highest BCUT2D eigenvalue weighted by atomic mass is 32.2. The van der Waals surface area contributed by atoms with Gasteiger partial charge in [0.2, 0.25) is 17.8 Å². The summed E-state index contributed by atoms with van der Waals surface area (Å²) < 4.78 is 7.44. The van der Waals surface area contributed by atoms with Gasteiger partial charge in [-0.1, -0.05) is 23.9 Å². The molecule has 0 bridgehead atoms. The molecule has 1 fully saturated rings. The summed E-state index contributed by atoms with van der Waals surface area (Å²) in [5.41, 5.74) is 1.37. The second-order valence-electron chi connectivity index (χ2n) is 6.88. The average Bonchev–Trinajstić information content (AvgIpc) is 3.15. The first-order valence-corrected chi connectivity index (χ1v) is 10.6. The summed E-state index contributed by atoms with van der Waals surface area (Å²) in [5, 5.41) is 11.8. The van der Waals surface area contributed by atoms with Crippen LogP contribution in [0.2, 0.25) is 0 Å². The third-order valence-corrected chi connectivity index (χ3v) is 6.04. The fraction of sp³-hybridized carbons (Fsp3) is 0.474. The quantitative estimate of drug-likeness (QED) is 0.740. The molecule has 1 N–H and O–H groups in total. The molecule has 0 saturated carbocycles. The molecule has 0 unspecified atom stereocenters. The first-order chi connectivity index (χ1) is 14.1. The highest BCUT2D eigenvalue weighted by Gasteiger charge is 2.31. The Kier molecular flexibility index (Phi) is 5.72. The van der Waals surface area contributed by atoms with Gasteiger partial charge < -0.3 is 15.0 Å². The molecule has 0 spiro atoms. The van der Waals surface area contributed by atoms with Crippen molar-refractivity contribution in [2.45, 2.75) is 30.8 Å². The lowest BCUT2D eigenvalue weighted by Crippen LogP contribution is -2.45. The molecule has 154 valence electrons. The van der Waals surface area contributed by atoms with Gasteiger partial charge in [-0.05, 0) is 26.0 Å². The molecule has 2 aromatic rings. The van der Waals surface area contributed by atoms with Crippen LogP contribution in [0.4, 0.5) is 17.3 Å². The summed E-state index contributed by atoms with van der Waals surface area (Å²) in [7, 11) is 0. The van der Waals surface area contributed by atoms with Crippen LogP contribution in [-0.2, 0) is 20.9 Å². The van der Waals surface area contributed by atoms with Crippen molar-refractivity contribution in [3.8, 4) is 0 Å². The summed E-state index contributed by atoms with van der Waals surface area (Å²) in [5.74, 6) is 0.483. The van der Waals surface area contributed by atoms with Crippen molar-refractivity contribution in [3.63, 3.8) is 0 Å². The standard InChI is InChI=1S/C19H24N6O3S/c1-3-24-18(23-8-10-28-11-9-23)21-22-19(24)29-13(2)17(27)25-12-16(26)20-14-6-4-5-7-15(14)25/h4-7,13H,3,8-12H2,1-2H3,(H,20,26)/t13-/m0/s1. The Hall–Kier alpha value is -2.59. The number of morpholine rings is 1. The largest absolute Gasteiger partial charge is 0.378 e. The SMILES string of the molecule is CCn1c(S[C@@H](C)C(=O)N2CC(=O)Nc3ccccc32)nnc1N1CCOCC1. The molecule has 0 radical (unpaired) electrons. The van der Waals surface area contributed by atoms with Crippen LogP contribution < -0.4 is 15.1 Å². The predicted octanol–water partition coefficient (Wildman–Crippen LogP) is 1.60. The zero-order valence-corrected chi connectivity index (χ0v) is 17.3. The van der Waals surface area contributed by atoms with E-state index >= 15 is 0 Å². The van der Waals surface area contributed by atoms with Crippen molar-refractivity contribution < 1.29 is 14.3 Å². The Balaban J connectivity index is 1.52. The number of aromatic nitrogens is 3. The first-order valence-electron chi connectivity index (χ1n) is 9.71. The number of fused-ring (bicyclic) bond motifs is 1. The number of benzene rings is 1. The molecule has 2 amide bonds. The van der Waals surface area contributed by atoms with Gasteiger partial charge in [0.05, 0.1) is 29.8 Å². The van der Waals surface area contributed by atoms with Gasteiger partial charge in [-0.3, -0.25) is 19.1 Å². The number of carbonyl (C=O) groups is 2. The molecule has 1 aromatic heterocycles. The van der Waals surface area contributed by atoms with Gasteiger partial charge in [-0.15, -0.1) is 10.2 Å². The van der Waals surface area contributed by atoms with Gasteiger partial charge >= 0.3 is 0 Å². The minimum atomic E-state index is -0.416. The highest BCUT2D eigenvalue weighted by molar-refractivity contribution is 8.00. The van der Waals surface area contributed by atoms with Crippen LogP contribution in [0.25, 0.3) is 0 Å². The van der Waals surface area contributed by atoms with Crippen LogP contribution >= 0.6 is 11.8 Å². The van der Waals surface area contributed by atoms with Crippen molar-refractivity contribution >= 4 is 40.9 Å². The number of thioether (sulfide) groups is 1. The van der Waals surface area contributed by atoms with Gasteiger partial charge in [-0.25, -0.2) is 0 Å². The van der Waals surface area contributed by atoms with Crippen molar-refractivity contribution in [1.82, 2.24) is 14.8 Å². The molecule has 1 aromatic carbocycles. The molecule has 9 nitrogen and oxygen atoms in total. The predicted molar refractivity (Wildman–Crippen MR) is 111 cm³/mol. The Labute approximate surface area is 173 Å². The van der Waals surface area contributed by atoms with E-state index in [1.165, 1.54) is 11.8 Å². The van der Waals surface area contributed by atoms with E-state index in [1.54, 1.807) is 11.0 Å². The summed E-state index contributed by atoms with van der Waals surface area (Å²) in [6, 6.07) is 7.33. The van der Waals surface area contributed by atoms with Crippen molar-refractivity contribution in [3.05, 3.63) is 24.3 Å². The maximum atomic E-state index is 13.2. The minimum Gasteiger partial charge on any atom is -0.378 e. The van der Waals surface area contributed by atoms with E-state index in [1.807, 2.05) is 36.6 Å². The smallest absolute Gasteiger partial charge is 0.244 e. The van der Waals surface area contributed by atoms with Crippen LogP contribution in [0.3, 0.4) is 0 Å². The number of ether oxygens (including phenoxy) is 1. The maximum absolute atomic E-state index is 13.2. The Morgan fingerprint density at radius 1 is 1.28 bits per heavy atom. The van der Waals surface area contributed by atoms with E-state index < -0.39 is 5.25 Å². The molecule has 0 aliphatic carbocycles. The highest BCUT2D eigenvalue weighted by Crippen LogP contribution is 2.32. The minimum absolute atomic E-state index is 0.0141. The van der Waals surface area contributed by atoms with Crippen LogP contribution in [0.5, 0.6) is 0 Å². The fourth-order valence-electron chi connectivity index (χ4n) is 3.50. The lowest BCUT2D eigenvalue weighted by Gasteiger charge is -2.31. The van der Waals surface area contributed by atoms with Gasteiger partial charge in [0.1, 0.15) is 6.54 Å². The number of anilines is 3. The molecule has 4 rings (SSSR count). The lowest BCUT2D eigenvalue weighted by molar-refractivity contribution is -0.121. The molecule has 29 heavy (non-hydrogen) atoms. The number of hydrogen-bond donors (Lipinski definition) is 1. The molecule has 2 aliphatic rings. The molecule has 1 saturated heterocycles. The Morgan fingerprint density at radius 2 is 2.03 bits per heavy atom. The summed E-state index contributed by atoms with van der Waals surface area (Å²) >= 11 is 1.37. The van der Waals surface area contributed by atoms with E-state index in [0.717, 1.165) is 24.7 Å². The molecular weight excluding hydrogens is 392 g/mol. The normalized spacial score (nSPS) is 17.7. The zero-order chi connectivity index (χ0) is 20.4. The van der Waals surface area contributed by atoms with Gasteiger partial charge in [-0.2, -0.15) is 0 Å². The van der Waals surface area contributed by atoms with Crippen molar-refractivity contribution in [1.29, 1.82) is 0 Å². The Bertz CT molecular complexity index is 911. The van der Waals surface area contributed by atoms with Crippen LogP contribution in [0, 0.1) is 0 Å². The van der Waals surface area contributed by atoms with E-state index in [-0.39, 0.29) is 18.4 Å². The third kappa shape index (κ3) is 3.95. The number of carbonyl (C=O) groups excluding carboxylic acids is 2. The van der Waals surface area contributed by atoms with Crippen LogP contribution in [0.15, 0.2) is 29.4 Å².